The number of carbonyl (C=O) groups is 2. The van der Waals surface area contributed by atoms with Gasteiger partial charge in [-0.25, -0.2) is 0 Å². The molecule has 0 saturated heterocycles. The third kappa shape index (κ3) is 31.6. The molecule has 0 rings (SSSR count). The van der Waals surface area contributed by atoms with Gasteiger partial charge in [-0.2, -0.15) is 0 Å². The van der Waals surface area contributed by atoms with Crippen molar-refractivity contribution >= 4 is 47.7 Å². The molecule has 0 atom stereocenters. The molecule has 0 spiro atoms. The molecule has 0 fully saturated rings. The first-order chi connectivity index (χ1) is 10.0. The molecular formula is C16H30NNaO4. The van der Waals surface area contributed by atoms with Crippen LogP contribution in [0.25, 0.3) is 0 Å². The van der Waals surface area contributed by atoms with Gasteiger partial charge in [-0.1, -0.05) is 52.0 Å². The summed E-state index contributed by atoms with van der Waals surface area (Å²) in [5.74, 6) is -1.59. The van der Waals surface area contributed by atoms with Crippen molar-refractivity contribution in [1.82, 2.24) is 0 Å². The molecule has 0 bridgehead atoms. The Morgan fingerprint density at radius 1 is 0.955 bits per heavy atom. The molecule has 0 radical (unpaired) electrons. The van der Waals surface area contributed by atoms with E-state index in [1.807, 2.05) is 6.08 Å². The number of rotatable bonds is 11. The number of aliphatic carboxylic acids is 2. The van der Waals surface area contributed by atoms with E-state index >= 15 is 0 Å². The number of hydrogen-bond donors (Lipinski definition) is 2. The summed E-state index contributed by atoms with van der Waals surface area (Å²) in [6, 6.07) is 0. The Balaban J connectivity index is -0.000000520. The minimum absolute atomic E-state index is 0. The van der Waals surface area contributed by atoms with Gasteiger partial charge in [-0.05, 0) is 12.8 Å². The molecule has 0 heterocycles. The Bertz CT molecular complexity index is 317. The second kappa shape index (κ2) is 22.6. The zero-order chi connectivity index (χ0) is 16.3. The van der Waals surface area contributed by atoms with Gasteiger partial charge in [0.05, 0.1) is 6.42 Å². The van der Waals surface area contributed by atoms with Crippen LogP contribution < -0.4 is 0 Å². The zero-order valence-corrected chi connectivity index (χ0v) is 13.3. The molecule has 0 aliphatic carbocycles. The second-order valence-corrected chi connectivity index (χ2v) is 4.62. The molecule has 0 aromatic rings. The number of aliphatic imine (C=N–C) groups is 1. The molecule has 5 nitrogen and oxygen atoms in total. The molecule has 6 heteroatoms. The molecular weight excluding hydrogens is 293 g/mol. The Morgan fingerprint density at radius 3 is 2.00 bits per heavy atom. The van der Waals surface area contributed by atoms with Crippen LogP contribution in [0.15, 0.2) is 17.3 Å². The SMILES string of the molecule is CCC(=O)O.CCCCCCCCC=CN=CCC(=O)O.[NaH]. The molecule has 0 saturated carbocycles. The second-order valence-electron chi connectivity index (χ2n) is 4.62. The predicted molar refractivity (Wildman–Crippen MR) is 93.0 cm³/mol. The maximum absolute atomic E-state index is 10.1. The van der Waals surface area contributed by atoms with Crippen LogP contribution in [0.1, 0.15) is 71.6 Å². The van der Waals surface area contributed by atoms with E-state index in [9.17, 15) is 9.59 Å². The molecule has 124 valence electrons. The fourth-order valence-electron chi connectivity index (χ4n) is 1.37. The number of carboxylic acids is 2. The van der Waals surface area contributed by atoms with Crippen LogP contribution in [-0.4, -0.2) is 57.9 Å². The van der Waals surface area contributed by atoms with Crippen LogP contribution in [0.2, 0.25) is 0 Å². The van der Waals surface area contributed by atoms with Crippen LogP contribution in [0.3, 0.4) is 0 Å². The van der Waals surface area contributed by atoms with Crippen molar-refractivity contribution in [3.63, 3.8) is 0 Å². The van der Waals surface area contributed by atoms with E-state index in [0.717, 1.165) is 6.42 Å². The fraction of sp³-hybridized carbons (Fsp3) is 0.688. The molecule has 0 aliphatic rings. The summed E-state index contributed by atoms with van der Waals surface area (Å²) in [6.07, 6.45) is 14.2. The van der Waals surface area contributed by atoms with Crippen molar-refractivity contribution in [2.45, 2.75) is 71.6 Å². The normalized spacial score (nSPS) is 10.1. The summed E-state index contributed by atoms with van der Waals surface area (Å²) in [6.45, 7) is 3.82. The van der Waals surface area contributed by atoms with Gasteiger partial charge in [0.25, 0.3) is 0 Å². The molecule has 0 aliphatic heterocycles. The molecule has 0 unspecified atom stereocenters. The summed E-state index contributed by atoms with van der Waals surface area (Å²) in [5.41, 5.74) is 0. The van der Waals surface area contributed by atoms with Gasteiger partial charge < -0.3 is 10.2 Å². The van der Waals surface area contributed by atoms with Gasteiger partial charge in [0.2, 0.25) is 0 Å². The van der Waals surface area contributed by atoms with Crippen molar-refractivity contribution < 1.29 is 19.8 Å². The minimum atomic E-state index is -0.840. The van der Waals surface area contributed by atoms with Crippen LogP contribution in [0.4, 0.5) is 0 Å². The van der Waals surface area contributed by atoms with Crippen LogP contribution >= 0.6 is 0 Å². The monoisotopic (exact) mass is 323 g/mol. The number of hydrogen-bond acceptors (Lipinski definition) is 3. The quantitative estimate of drug-likeness (QED) is 0.345. The van der Waals surface area contributed by atoms with Crippen LogP contribution in [-0.2, 0) is 9.59 Å². The van der Waals surface area contributed by atoms with Gasteiger partial charge >= 0.3 is 41.5 Å². The summed E-state index contributed by atoms with van der Waals surface area (Å²) in [7, 11) is 0. The Labute approximate surface area is 156 Å². The van der Waals surface area contributed by atoms with E-state index in [4.69, 9.17) is 10.2 Å². The number of allylic oxidation sites excluding steroid dienone is 1. The van der Waals surface area contributed by atoms with E-state index in [2.05, 4.69) is 11.9 Å². The summed E-state index contributed by atoms with van der Waals surface area (Å²) in [4.78, 5) is 23.4. The maximum atomic E-state index is 10.1. The van der Waals surface area contributed by atoms with Gasteiger partial charge in [0, 0.05) is 18.8 Å². The Hall–Kier alpha value is -0.650. The van der Waals surface area contributed by atoms with Crippen molar-refractivity contribution in [3.05, 3.63) is 12.3 Å². The predicted octanol–water partition coefficient (Wildman–Crippen LogP) is 3.63. The number of nitrogens with zero attached hydrogens (tertiary/aromatic N) is 1. The van der Waals surface area contributed by atoms with Crippen molar-refractivity contribution in [3.8, 4) is 0 Å². The number of carboxylic acid groups (broad SMARTS) is 2. The molecule has 0 aromatic heterocycles. The van der Waals surface area contributed by atoms with Crippen molar-refractivity contribution in [2.75, 3.05) is 0 Å². The molecule has 0 amide bonds. The summed E-state index contributed by atoms with van der Waals surface area (Å²) >= 11 is 0. The summed E-state index contributed by atoms with van der Waals surface area (Å²) in [5, 5.41) is 16.1. The van der Waals surface area contributed by atoms with E-state index < -0.39 is 11.9 Å². The first-order valence-corrected chi connectivity index (χ1v) is 7.64. The van der Waals surface area contributed by atoms with Gasteiger partial charge in [0.1, 0.15) is 0 Å². The third-order valence-electron chi connectivity index (χ3n) is 2.59. The topological polar surface area (TPSA) is 87.0 Å². The molecule has 2 N–H and O–H groups in total. The Morgan fingerprint density at radius 2 is 1.50 bits per heavy atom. The van der Waals surface area contributed by atoms with Crippen molar-refractivity contribution in [2.24, 2.45) is 4.99 Å². The summed E-state index contributed by atoms with van der Waals surface area (Å²) < 4.78 is 0. The standard InChI is InChI=1S/C13H23NO2.C3H6O2.Na.H/c1-2-3-4-5-6-7-8-9-11-14-12-10-13(15)16;1-2-3(4)5;;/h9,11-12H,2-8,10H2,1H3,(H,15,16);2H2,1H3,(H,4,5);;. The van der Waals surface area contributed by atoms with Gasteiger partial charge in [0.15, 0.2) is 0 Å². The number of unbranched alkanes of at least 4 members (excludes halogenated alkanes) is 6. The average molecular weight is 323 g/mol. The first kappa shape index (κ1) is 26.3. The van der Waals surface area contributed by atoms with E-state index in [0.29, 0.717) is 0 Å². The van der Waals surface area contributed by atoms with Gasteiger partial charge in [-0.3, -0.25) is 14.6 Å². The third-order valence-corrected chi connectivity index (χ3v) is 2.59. The van der Waals surface area contributed by atoms with E-state index in [1.165, 1.54) is 44.7 Å². The first-order valence-electron chi connectivity index (χ1n) is 7.64. The molecule has 0 aromatic carbocycles. The van der Waals surface area contributed by atoms with Crippen molar-refractivity contribution in [1.29, 1.82) is 0 Å². The van der Waals surface area contributed by atoms with E-state index in [-0.39, 0.29) is 42.4 Å². The van der Waals surface area contributed by atoms with Crippen LogP contribution in [0, 0.1) is 0 Å². The Kier molecular flexibility index (Phi) is 27.0. The zero-order valence-electron chi connectivity index (χ0n) is 13.3. The van der Waals surface area contributed by atoms with Gasteiger partial charge in [-0.15, -0.1) is 0 Å². The molecule has 22 heavy (non-hydrogen) atoms. The van der Waals surface area contributed by atoms with Crippen LogP contribution in [0.5, 0.6) is 0 Å². The fourth-order valence-corrected chi connectivity index (χ4v) is 1.37. The average Bonchev–Trinajstić information content (AvgIpc) is 2.45. The van der Waals surface area contributed by atoms with E-state index in [1.54, 1.807) is 13.1 Å².